The zero-order chi connectivity index (χ0) is 11.9. The smallest absolute Gasteiger partial charge is 0.331 e. The van der Waals surface area contributed by atoms with Gasteiger partial charge in [-0.3, -0.25) is 0 Å². The fourth-order valence-electron chi connectivity index (χ4n) is 0.214. The molecule has 0 aliphatic rings. The summed E-state index contributed by atoms with van der Waals surface area (Å²) in [5.41, 5.74) is 1.29. The molecule has 0 rings (SSSR count). The first kappa shape index (κ1) is 15.6. The summed E-state index contributed by atoms with van der Waals surface area (Å²) in [5, 5.41) is 32.1. The first-order chi connectivity index (χ1) is 6.11. The van der Waals surface area contributed by atoms with Gasteiger partial charge in [0, 0.05) is 12.0 Å². The van der Waals surface area contributed by atoms with Gasteiger partial charge in [0.05, 0.1) is 0 Å². The van der Waals surface area contributed by atoms with Crippen LogP contribution in [0.1, 0.15) is 34.1 Å². The maximum absolute atomic E-state index is 10.1. The lowest BCUT2D eigenvalue weighted by atomic mass is 10.2. The van der Waals surface area contributed by atoms with Crippen molar-refractivity contribution in [3.63, 3.8) is 0 Å². The maximum atomic E-state index is 10.1. The molecule has 5 nitrogen and oxygen atoms in total. The number of carboxylic acids is 1. The van der Waals surface area contributed by atoms with Crippen molar-refractivity contribution in [2.75, 3.05) is 0 Å². The highest BCUT2D eigenvalue weighted by Gasteiger charge is 2.11. The van der Waals surface area contributed by atoms with Gasteiger partial charge in [-0.05, 0) is 20.8 Å². The average Bonchev–Trinajstić information content (AvgIpc) is 2.02. The standard InChI is InChI=1S/C6H10O2.C3H8O3/c1-4(2)5(3)6(7)8;1-2-3(4,5)6/h1-3H3,(H,7,8);4-6H,2H2,1H3. The zero-order valence-corrected chi connectivity index (χ0v) is 8.90. The molecule has 0 fully saturated rings. The van der Waals surface area contributed by atoms with E-state index in [1.807, 2.05) is 0 Å². The molecule has 0 amide bonds. The fourth-order valence-corrected chi connectivity index (χ4v) is 0.214. The minimum Gasteiger partial charge on any atom is -0.478 e. The van der Waals surface area contributed by atoms with Gasteiger partial charge in [0.1, 0.15) is 0 Å². The SMILES string of the molecule is CC(C)=C(C)C(=O)O.CCC(O)(O)O. The molecule has 0 aromatic rings. The van der Waals surface area contributed by atoms with Gasteiger partial charge >= 0.3 is 5.97 Å². The molecule has 0 aliphatic carbocycles. The summed E-state index contributed by atoms with van der Waals surface area (Å²) < 4.78 is 0. The van der Waals surface area contributed by atoms with Crippen molar-refractivity contribution in [2.24, 2.45) is 0 Å². The molecule has 5 heteroatoms. The third-order valence-electron chi connectivity index (χ3n) is 1.55. The van der Waals surface area contributed by atoms with Crippen LogP contribution in [0.5, 0.6) is 0 Å². The van der Waals surface area contributed by atoms with Gasteiger partial charge < -0.3 is 20.4 Å². The lowest BCUT2D eigenvalue weighted by Gasteiger charge is -2.08. The van der Waals surface area contributed by atoms with Crippen molar-refractivity contribution in [1.82, 2.24) is 0 Å². The van der Waals surface area contributed by atoms with Gasteiger partial charge in [-0.2, -0.15) is 0 Å². The van der Waals surface area contributed by atoms with Crippen LogP contribution in [0.15, 0.2) is 11.1 Å². The number of carbonyl (C=O) groups is 1. The van der Waals surface area contributed by atoms with Gasteiger partial charge in [0.25, 0.3) is 5.97 Å². The van der Waals surface area contributed by atoms with E-state index >= 15 is 0 Å². The highest BCUT2D eigenvalue weighted by Crippen LogP contribution is 1.99. The quantitative estimate of drug-likeness (QED) is 0.388. The fraction of sp³-hybridized carbons (Fsp3) is 0.667. The minimum atomic E-state index is -2.46. The summed E-state index contributed by atoms with van der Waals surface area (Å²) in [5.74, 6) is -3.29. The Balaban J connectivity index is 0. The number of rotatable bonds is 2. The number of hydrogen-bond donors (Lipinski definition) is 4. The Bertz CT molecular complexity index is 208. The van der Waals surface area contributed by atoms with E-state index in [4.69, 9.17) is 20.4 Å². The molecule has 0 aliphatic heterocycles. The average molecular weight is 206 g/mol. The third kappa shape index (κ3) is 11.1. The molecule has 0 radical (unpaired) electrons. The van der Waals surface area contributed by atoms with Crippen LogP contribution in [-0.2, 0) is 4.79 Å². The Morgan fingerprint density at radius 2 is 1.43 bits per heavy atom. The molecule has 0 saturated heterocycles. The Morgan fingerprint density at radius 1 is 1.14 bits per heavy atom. The van der Waals surface area contributed by atoms with Crippen molar-refractivity contribution in [3.8, 4) is 0 Å². The maximum Gasteiger partial charge on any atom is 0.331 e. The molecular formula is C9H18O5. The summed E-state index contributed by atoms with van der Waals surface area (Å²) in [7, 11) is 0. The van der Waals surface area contributed by atoms with Gasteiger partial charge in [-0.15, -0.1) is 0 Å². The predicted octanol–water partition coefficient (Wildman–Crippen LogP) is 0.454. The summed E-state index contributed by atoms with van der Waals surface area (Å²) in [6.07, 6.45) is -0.0625. The van der Waals surface area contributed by atoms with Crippen LogP contribution in [0.3, 0.4) is 0 Å². The molecule has 0 aromatic carbocycles. The molecule has 4 N–H and O–H groups in total. The molecule has 0 spiro atoms. The van der Waals surface area contributed by atoms with Crippen molar-refractivity contribution >= 4 is 5.97 Å². The topological polar surface area (TPSA) is 98.0 Å². The summed E-state index contributed by atoms with van der Waals surface area (Å²) >= 11 is 0. The molecule has 0 heterocycles. The molecule has 84 valence electrons. The van der Waals surface area contributed by atoms with E-state index in [0.29, 0.717) is 5.57 Å². The number of allylic oxidation sites excluding steroid dienone is 1. The van der Waals surface area contributed by atoms with E-state index in [2.05, 4.69) is 0 Å². The molecule has 0 aromatic heterocycles. The van der Waals surface area contributed by atoms with Gasteiger partial charge in [0.15, 0.2) is 0 Å². The monoisotopic (exact) mass is 206 g/mol. The van der Waals surface area contributed by atoms with Crippen LogP contribution in [-0.4, -0.2) is 32.4 Å². The van der Waals surface area contributed by atoms with E-state index in [9.17, 15) is 4.79 Å². The normalized spacial score (nSPS) is 9.93. The van der Waals surface area contributed by atoms with Crippen LogP contribution in [0, 0.1) is 0 Å². The zero-order valence-electron chi connectivity index (χ0n) is 8.90. The molecule has 14 heavy (non-hydrogen) atoms. The van der Waals surface area contributed by atoms with Crippen molar-refractivity contribution < 1.29 is 25.2 Å². The molecule has 0 unspecified atom stereocenters. The highest BCUT2D eigenvalue weighted by molar-refractivity contribution is 5.86. The van der Waals surface area contributed by atoms with Crippen LogP contribution < -0.4 is 0 Å². The second-order valence-corrected chi connectivity index (χ2v) is 3.06. The number of carboxylic acid groups (broad SMARTS) is 1. The number of aliphatic hydroxyl groups is 3. The van der Waals surface area contributed by atoms with Gasteiger partial charge in [0.2, 0.25) is 0 Å². The number of hydrogen-bond acceptors (Lipinski definition) is 4. The predicted molar refractivity (Wildman–Crippen MR) is 51.4 cm³/mol. The Morgan fingerprint density at radius 3 is 1.43 bits per heavy atom. The second-order valence-electron chi connectivity index (χ2n) is 3.06. The summed E-state index contributed by atoms with van der Waals surface area (Å²) in [4.78, 5) is 10.1. The molecule has 0 saturated carbocycles. The molecule has 0 bridgehead atoms. The van der Waals surface area contributed by atoms with Crippen LogP contribution in [0.2, 0.25) is 0 Å². The van der Waals surface area contributed by atoms with E-state index < -0.39 is 11.9 Å². The van der Waals surface area contributed by atoms with E-state index in [1.165, 1.54) is 6.92 Å². The summed E-state index contributed by atoms with van der Waals surface area (Å²) in [6, 6.07) is 0. The molecule has 0 atom stereocenters. The van der Waals surface area contributed by atoms with Crippen LogP contribution in [0.4, 0.5) is 0 Å². The van der Waals surface area contributed by atoms with Gasteiger partial charge in [-0.1, -0.05) is 12.5 Å². The number of aliphatic carboxylic acids is 1. The Hall–Kier alpha value is -0.910. The second kappa shape index (κ2) is 6.53. The molecular weight excluding hydrogens is 188 g/mol. The van der Waals surface area contributed by atoms with E-state index in [0.717, 1.165) is 5.57 Å². The highest BCUT2D eigenvalue weighted by atomic mass is 16.7. The first-order valence-electron chi connectivity index (χ1n) is 4.16. The largest absolute Gasteiger partial charge is 0.478 e. The third-order valence-corrected chi connectivity index (χ3v) is 1.55. The first-order valence-corrected chi connectivity index (χ1v) is 4.16. The van der Waals surface area contributed by atoms with E-state index in [1.54, 1.807) is 20.8 Å². The van der Waals surface area contributed by atoms with Crippen LogP contribution >= 0.6 is 0 Å². The van der Waals surface area contributed by atoms with Crippen molar-refractivity contribution in [3.05, 3.63) is 11.1 Å². The Labute approximate surface area is 83.3 Å². The Kier molecular flexibility index (Phi) is 7.26. The lowest BCUT2D eigenvalue weighted by molar-refractivity contribution is -0.312. The lowest BCUT2D eigenvalue weighted by Crippen LogP contribution is -2.24. The van der Waals surface area contributed by atoms with Crippen LogP contribution in [0.25, 0.3) is 0 Å². The van der Waals surface area contributed by atoms with E-state index in [-0.39, 0.29) is 6.42 Å². The summed E-state index contributed by atoms with van der Waals surface area (Å²) in [6.45, 7) is 6.62. The van der Waals surface area contributed by atoms with Gasteiger partial charge in [-0.25, -0.2) is 4.79 Å². The minimum absolute atomic E-state index is 0.0625. The van der Waals surface area contributed by atoms with Crippen molar-refractivity contribution in [2.45, 2.75) is 40.1 Å². The van der Waals surface area contributed by atoms with Crippen molar-refractivity contribution in [1.29, 1.82) is 0 Å².